The fourth-order valence-corrected chi connectivity index (χ4v) is 4.24. The van der Waals surface area contributed by atoms with Gasteiger partial charge in [0.1, 0.15) is 6.04 Å². The fraction of sp³-hybridized carbons (Fsp3) is 0.350. The lowest BCUT2D eigenvalue weighted by Crippen LogP contribution is -2.47. The zero-order valence-electron chi connectivity index (χ0n) is 15.9. The molecule has 0 heterocycles. The van der Waals surface area contributed by atoms with Gasteiger partial charge in [0.25, 0.3) is 0 Å². The monoisotopic (exact) mass is 408 g/mol. The largest absolute Gasteiger partial charge is 0.324 e. The maximum absolute atomic E-state index is 12.9. The van der Waals surface area contributed by atoms with E-state index in [1.54, 1.807) is 25.1 Å². The summed E-state index contributed by atoms with van der Waals surface area (Å²) in [6.07, 6.45) is 1.40. The molecule has 0 aliphatic rings. The van der Waals surface area contributed by atoms with Crippen LogP contribution in [0.5, 0.6) is 0 Å². The van der Waals surface area contributed by atoms with E-state index in [0.29, 0.717) is 28.7 Å². The van der Waals surface area contributed by atoms with E-state index in [0.717, 1.165) is 16.1 Å². The number of sulfonamides is 1. The van der Waals surface area contributed by atoms with Crippen LogP contribution in [0.4, 0.5) is 11.4 Å². The highest BCUT2D eigenvalue weighted by Crippen LogP contribution is 2.26. The van der Waals surface area contributed by atoms with Crippen LogP contribution in [0.15, 0.2) is 48.5 Å². The van der Waals surface area contributed by atoms with Gasteiger partial charge in [-0.05, 0) is 48.2 Å². The molecule has 0 aliphatic carbocycles. The maximum Gasteiger partial charge on any atom is 0.248 e. The number of carbonyl (C=O) groups is 1. The minimum absolute atomic E-state index is 0.315. The van der Waals surface area contributed by atoms with Crippen molar-refractivity contribution in [1.82, 2.24) is 0 Å². The van der Waals surface area contributed by atoms with Crippen molar-refractivity contribution in [3.8, 4) is 0 Å². The summed E-state index contributed by atoms with van der Waals surface area (Å²) in [5, 5.41) is 3.22. The molecule has 0 saturated carbocycles. The number of rotatable bonds is 7. The first-order valence-corrected chi connectivity index (χ1v) is 11.0. The summed E-state index contributed by atoms with van der Waals surface area (Å²) in [7, 11) is -3.69. The molecule has 0 unspecified atom stereocenters. The number of amides is 1. The number of halogens is 1. The Hall–Kier alpha value is -2.05. The summed E-state index contributed by atoms with van der Waals surface area (Å²) in [4.78, 5) is 12.9. The summed E-state index contributed by atoms with van der Waals surface area (Å²) >= 11 is 6.01. The minimum Gasteiger partial charge on any atom is -0.324 e. The molecule has 146 valence electrons. The van der Waals surface area contributed by atoms with Crippen LogP contribution in [0, 0.1) is 0 Å². The Balaban J connectivity index is 2.31. The summed E-state index contributed by atoms with van der Waals surface area (Å²) in [6.45, 7) is 5.96. The fourth-order valence-electron chi connectivity index (χ4n) is 2.85. The lowest BCUT2D eigenvalue weighted by Gasteiger charge is -2.30. The first-order valence-electron chi connectivity index (χ1n) is 8.79. The molecule has 1 amide bonds. The Kier molecular flexibility index (Phi) is 6.89. The molecule has 0 spiro atoms. The molecule has 2 aromatic rings. The molecule has 2 aromatic carbocycles. The predicted molar refractivity (Wildman–Crippen MR) is 112 cm³/mol. The van der Waals surface area contributed by atoms with Crippen molar-refractivity contribution >= 4 is 38.9 Å². The van der Waals surface area contributed by atoms with E-state index < -0.39 is 16.1 Å². The molecule has 1 N–H and O–H groups in total. The molecule has 0 fully saturated rings. The van der Waals surface area contributed by atoms with Gasteiger partial charge in [-0.2, -0.15) is 0 Å². The van der Waals surface area contributed by atoms with Crippen molar-refractivity contribution < 1.29 is 13.2 Å². The third-order valence-corrected chi connectivity index (χ3v) is 5.65. The molecule has 2 rings (SSSR count). The second-order valence-corrected chi connectivity index (χ2v) is 9.02. The Morgan fingerprint density at radius 3 is 2.26 bits per heavy atom. The average Bonchev–Trinajstić information content (AvgIpc) is 2.58. The summed E-state index contributed by atoms with van der Waals surface area (Å²) < 4.78 is 26.0. The van der Waals surface area contributed by atoms with Gasteiger partial charge in [0.05, 0.1) is 11.9 Å². The van der Waals surface area contributed by atoms with E-state index in [4.69, 9.17) is 11.6 Å². The highest BCUT2D eigenvalue weighted by atomic mass is 35.5. The number of hydrogen-bond acceptors (Lipinski definition) is 3. The number of anilines is 2. The van der Waals surface area contributed by atoms with Gasteiger partial charge in [-0.15, -0.1) is 0 Å². The molecular formula is C20H25ClN2O3S. The molecule has 0 aliphatic heterocycles. The van der Waals surface area contributed by atoms with E-state index in [9.17, 15) is 13.2 Å². The van der Waals surface area contributed by atoms with Crippen LogP contribution >= 0.6 is 11.6 Å². The van der Waals surface area contributed by atoms with Crippen molar-refractivity contribution in [2.75, 3.05) is 15.9 Å². The standard InChI is InChI=1S/C20H25ClN2O3S/c1-5-19(20(24)22-17-11-9-15(10-12-17)14(2)3)23(27(4,25)26)18-8-6-7-16(21)13-18/h6-14,19H,5H2,1-4H3,(H,22,24)/t19-/m1/s1. The normalized spacial score (nSPS) is 12.7. The van der Waals surface area contributed by atoms with Crippen molar-refractivity contribution in [3.05, 3.63) is 59.1 Å². The van der Waals surface area contributed by atoms with E-state index in [2.05, 4.69) is 19.2 Å². The number of hydrogen-bond donors (Lipinski definition) is 1. The third-order valence-electron chi connectivity index (χ3n) is 4.24. The van der Waals surface area contributed by atoms with E-state index in [-0.39, 0.29) is 5.91 Å². The van der Waals surface area contributed by atoms with Gasteiger partial charge in [0.2, 0.25) is 15.9 Å². The van der Waals surface area contributed by atoms with E-state index >= 15 is 0 Å². The molecule has 0 aromatic heterocycles. The van der Waals surface area contributed by atoms with Crippen LogP contribution < -0.4 is 9.62 Å². The number of nitrogens with one attached hydrogen (secondary N) is 1. The quantitative estimate of drug-likeness (QED) is 0.725. The van der Waals surface area contributed by atoms with E-state index in [1.165, 1.54) is 6.07 Å². The van der Waals surface area contributed by atoms with E-state index in [1.807, 2.05) is 24.3 Å². The summed E-state index contributed by atoms with van der Waals surface area (Å²) in [5.74, 6) is 0.00175. The molecule has 7 heteroatoms. The van der Waals surface area contributed by atoms with Crippen molar-refractivity contribution in [2.45, 2.75) is 39.2 Å². The minimum atomic E-state index is -3.69. The van der Waals surface area contributed by atoms with Crippen molar-refractivity contribution in [1.29, 1.82) is 0 Å². The van der Waals surface area contributed by atoms with Gasteiger partial charge in [-0.1, -0.05) is 50.6 Å². The molecule has 0 bridgehead atoms. The Morgan fingerprint density at radius 1 is 1.15 bits per heavy atom. The van der Waals surface area contributed by atoms with Crippen LogP contribution in [-0.4, -0.2) is 26.6 Å². The van der Waals surface area contributed by atoms with Crippen molar-refractivity contribution in [2.24, 2.45) is 0 Å². The molecule has 5 nitrogen and oxygen atoms in total. The molecule has 0 saturated heterocycles. The summed E-state index contributed by atoms with van der Waals surface area (Å²) in [6, 6.07) is 13.1. The first-order chi connectivity index (χ1) is 12.6. The SMILES string of the molecule is CC[C@H](C(=O)Nc1ccc(C(C)C)cc1)N(c1cccc(Cl)c1)S(C)(=O)=O. The second kappa shape index (κ2) is 8.76. The Labute approximate surface area is 166 Å². The van der Waals surface area contributed by atoms with Gasteiger partial charge in [0, 0.05) is 10.7 Å². The van der Waals surface area contributed by atoms with Crippen LogP contribution in [0.2, 0.25) is 5.02 Å². The second-order valence-electron chi connectivity index (χ2n) is 6.73. The topological polar surface area (TPSA) is 66.5 Å². The number of benzene rings is 2. The van der Waals surface area contributed by atoms with Gasteiger partial charge < -0.3 is 5.32 Å². The smallest absolute Gasteiger partial charge is 0.248 e. The average molecular weight is 409 g/mol. The maximum atomic E-state index is 12.9. The highest BCUT2D eigenvalue weighted by molar-refractivity contribution is 7.92. The zero-order chi connectivity index (χ0) is 20.2. The molecule has 1 atom stereocenters. The highest BCUT2D eigenvalue weighted by Gasteiger charge is 2.31. The number of carbonyl (C=O) groups excluding carboxylic acids is 1. The van der Waals surface area contributed by atoms with Crippen LogP contribution in [0.25, 0.3) is 0 Å². The van der Waals surface area contributed by atoms with Crippen LogP contribution in [0.1, 0.15) is 38.7 Å². The van der Waals surface area contributed by atoms with Gasteiger partial charge in [-0.3, -0.25) is 9.10 Å². The van der Waals surface area contributed by atoms with Crippen LogP contribution in [0.3, 0.4) is 0 Å². The van der Waals surface area contributed by atoms with Crippen molar-refractivity contribution in [3.63, 3.8) is 0 Å². The predicted octanol–water partition coefficient (Wildman–Crippen LogP) is 4.65. The van der Waals surface area contributed by atoms with Crippen LogP contribution in [-0.2, 0) is 14.8 Å². The Morgan fingerprint density at radius 2 is 1.78 bits per heavy atom. The first kappa shape index (κ1) is 21.3. The lowest BCUT2D eigenvalue weighted by molar-refractivity contribution is -0.117. The molecule has 27 heavy (non-hydrogen) atoms. The number of nitrogens with zero attached hydrogens (tertiary/aromatic N) is 1. The van der Waals surface area contributed by atoms with Gasteiger partial charge in [-0.25, -0.2) is 8.42 Å². The third kappa shape index (κ3) is 5.47. The Bertz CT molecular complexity index is 896. The van der Waals surface area contributed by atoms with Gasteiger partial charge >= 0.3 is 0 Å². The molecule has 0 radical (unpaired) electrons. The molecular weight excluding hydrogens is 384 g/mol. The lowest BCUT2D eigenvalue weighted by atomic mass is 10.0. The summed E-state index contributed by atoms with van der Waals surface area (Å²) in [5.41, 5.74) is 2.15. The van der Waals surface area contributed by atoms with Gasteiger partial charge in [0.15, 0.2) is 0 Å². The zero-order valence-corrected chi connectivity index (χ0v) is 17.5.